The van der Waals surface area contributed by atoms with Gasteiger partial charge in [0.15, 0.2) is 0 Å². The first-order chi connectivity index (χ1) is 6.59. The molecule has 0 saturated heterocycles. The molecule has 0 N–H and O–H groups in total. The summed E-state index contributed by atoms with van der Waals surface area (Å²) < 4.78 is 18.0. The van der Waals surface area contributed by atoms with Gasteiger partial charge in [0.25, 0.3) is 5.88 Å². The number of likely N-dealkylation sites (N-methyl/N-ethyl adjacent to an activating group) is 1. The molecule has 0 unspecified atom stereocenters. The Morgan fingerprint density at radius 1 is 1.57 bits per heavy atom. The molecule has 0 aliphatic heterocycles. The Bertz CT molecular complexity index is 309. The Labute approximate surface area is 86.7 Å². The third-order valence-corrected chi connectivity index (χ3v) is 1.64. The van der Waals surface area contributed by atoms with Crippen molar-refractivity contribution in [2.24, 2.45) is 0 Å². The lowest BCUT2D eigenvalue weighted by molar-refractivity contribution is 0.243. The molecule has 0 bridgehead atoms. The van der Waals surface area contributed by atoms with Crippen LogP contribution in [0.15, 0.2) is 6.20 Å². The smallest absolute Gasteiger partial charge is 0.254 e. The van der Waals surface area contributed by atoms with Crippen molar-refractivity contribution in [3.8, 4) is 5.88 Å². The number of nitrogens with zero attached hydrogens (tertiary/aromatic N) is 3. The average molecular weight is 220 g/mol. The minimum absolute atomic E-state index is 0.0220. The van der Waals surface area contributed by atoms with Crippen molar-refractivity contribution >= 4 is 11.6 Å². The van der Waals surface area contributed by atoms with E-state index in [1.165, 1.54) is 0 Å². The fourth-order valence-electron chi connectivity index (χ4n) is 0.757. The molecule has 6 heteroatoms. The van der Waals surface area contributed by atoms with Crippen molar-refractivity contribution < 1.29 is 9.13 Å². The van der Waals surface area contributed by atoms with Crippen LogP contribution in [0.4, 0.5) is 4.39 Å². The van der Waals surface area contributed by atoms with E-state index >= 15 is 0 Å². The lowest BCUT2D eigenvalue weighted by Crippen LogP contribution is -2.20. The van der Waals surface area contributed by atoms with Gasteiger partial charge in [-0.1, -0.05) is 0 Å². The van der Waals surface area contributed by atoms with Crippen LogP contribution in [-0.2, 0) is 0 Å². The van der Waals surface area contributed by atoms with Gasteiger partial charge < -0.3 is 9.64 Å². The Kier molecular flexibility index (Phi) is 4.03. The van der Waals surface area contributed by atoms with Gasteiger partial charge in [0.05, 0.1) is 6.20 Å². The van der Waals surface area contributed by atoms with Crippen LogP contribution in [-0.4, -0.2) is 42.1 Å². The summed E-state index contributed by atoms with van der Waals surface area (Å²) in [5.41, 5.74) is 0. The first kappa shape index (κ1) is 11.1. The second-order valence-corrected chi connectivity index (χ2v) is 3.28. The maximum absolute atomic E-state index is 13.0. The molecule has 78 valence electrons. The Balaban J connectivity index is 2.53. The highest BCUT2D eigenvalue weighted by molar-refractivity contribution is 6.28. The zero-order valence-electron chi connectivity index (χ0n) is 8.00. The quantitative estimate of drug-likeness (QED) is 0.714. The lowest BCUT2D eigenvalue weighted by atomic mass is 10.6. The van der Waals surface area contributed by atoms with Crippen molar-refractivity contribution in [3.05, 3.63) is 17.3 Å². The van der Waals surface area contributed by atoms with Crippen LogP contribution in [0, 0.1) is 5.82 Å². The van der Waals surface area contributed by atoms with Crippen LogP contribution in [0.25, 0.3) is 0 Å². The van der Waals surface area contributed by atoms with Crippen LogP contribution in [0.5, 0.6) is 5.88 Å². The molecule has 0 atom stereocenters. The van der Waals surface area contributed by atoms with Gasteiger partial charge >= 0.3 is 0 Å². The lowest BCUT2D eigenvalue weighted by Gasteiger charge is -2.10. The second-order valence-electron chi connectivity index (χ2n) is 2.94. The van der Waals surface area contributed by atoms with E-state index in [0.717, 1.165) is 6.20 Å². The van der Waals surface area contributed by atoms with E-state index in [-0.39, 0.29) is 11.2 Å². The van der Waals surface area contributed by atoms with Gasteiger partial charge in [-0.3, -0.25) is 0 Å². The van der Waals surface area contributed by atoms with Crippen LogP contribution < -0.4 is 4.74 Å². The molecule has 0 aliphatic rings. The van der Waals surface area contributed by atoms with Crippen LogP contribution >= 0.6 is 11.6 Å². The van der Waals surface area contributed by atoms with Gasteiger partial charge in [-0.05, 0) is 25.7 Å². The zero-order chi connectivity index (χ0) is 10.6. The molecular formula is C8H11ClFN3O. The van der Waals surface area contributed by atoms with Gasteiger partial charge in [-0.25, -0.2) is 4.98 Å². The maximum atomic E-state index is 13.0. The van der Waals surface area contributed by atoms with Crippen molar-refractivity contribution in [1.82, 2.24) is 14.9 Å². The first-order valence-electron chi connectivity index (χ1n) is 4.05. The molecule has 1 heterocycles. The summed E-state index contributed by atoms with van der Waals surface area (Å²) in [6, 6.07) is 0. The summed E-state index contributed by atoms with van der Waals surface area (Å²) in [4.78, 5) is 9.00. The number of hydrogen-bond acceptors (Lipinski definition) is 4. The van der Waals surface area contributed by atoms with Gasteiger partial charge in [0.2, 0.25) is 11.1 Å². The number of rotatable bonds is 4. The van der Waals surface area contributed by atoms with Crippen molar-refractivity contribution in [2.45, 2.75) is 0 Å². The molecule has 1 aromatic heterocycles. The van der Waals surface area contributed by atoms with Crippen molar-refractivity contribution in [2.75, 3.05) is 27.2 Å². The monoisotopic (exact) mass is 219 g/mol. The van der Waals surface area contributed by atoms with Gasteiger partial charge in [-0.15, -0.1) is 0 Å². The van der Waals surface area contributed by atoms with Crippen molar-refractivity contribution in [1.29, 1.82) is 0 Å². The maximum Gasteiger partial charge on any atom is 0.254 e. The SMILES string of the molecule is CN(C)CCOc1nc(Cl)ncc1F. The van der Waals surface area contributed by atoms with E-state index in [2.05, 4.69) is 9.97 Å². The predicted octanol–water partition coefficient (Wildman–Crippen LogP) is 1.21. The van der Waals surface area contributed by atoms with E-state index in [1.807, 2.05) is 19.0 Å². The molecule has 0 radical (unpaired) electrons. The molecule has 0 spiro atoms. The normalized spacial score (nSPS) is 10.6. The minimum atomic E-state index is -0.604. The van der Waals surface area contributed by atoms with E-state index in [1.54, 1.807) is 0 Å². The van der Waals surface area contributed by atoms with Crippen LogP contribution in [0.3, 0.4) is 0 Å². The summed E-state index contributed by atoms with van der Waals surface area (Å²) in [7, 11) is 3.79. The molecule has 1 aromatic rings. The highest BCUT2D eigenvalue weighted by Crippen LogP contribution is 2.14. The number of ether oxygens (including phenoxy) is 1. The summed E-state index contributed by atoms with van der Waals surface area (Å²) >= 11 is 5.48. The summed E-state index contributed by atoms with van der Waals surface area (Å²) in [6.07, 6.45) is 0.986. The Morgan fingerprint density at radius 3 is 2.93 bits per heavy atom. The fourth-order valence-corrected chi connectivity index (χ4v) is 0.883. The molecule has 0 fully saturated rings. The molecule has 0 aromatic carbocycles. The number of aromatic nitrogens is 2. The summed E-state index contributed by atoms with van der Waals surface area (Å²) in [6.45, 7) is 1.04. The van der Waals surface area contributed by atoms with Gasteiger partial charge in [-0.2, -0.15) is 9.37 Å². The first-order valence-corrected chi connectivity index (χ1v) is 4.43. The standard InChI is InChI=1S/C8H11ClFN3O/c1-13(2)3-4-14-7-6(10)5-11-8(9)12-7/h5H,3-4H2,1-2H3. The second kappa shape index (κ2) is 5.07. The van der Waals surface area contributed by atoms with Gasteiger partial charge in [0, 0.05) is 6.54 Å². The molecule has 4 nitrogen and oxygen atoms in total. The number of halogens is 2. The Hall–Kier alpha value is -0.940. The van der Waals surface area contributed by atoms with Crippen LogP contribution in [0.1, 0.15) is 0 Å². The summed E-state index contributed by atoms with van der Waals surface area (Å²) in [5.74, 6) is -0.708. The predicted molar refractivity (Wildman–Crippen MR) is 51.0 cm³/mol. The molecule has 0 saturated carbocycles. The van der Waals surface area contributed by atoms with E-state index in [4.69, 9.17) is 16.3 Å². The van der Waals surface area contributed by atoms with Crippen LogP contribution in [0.2, 0.25) is 5.28 Å². The highest BCUT2D eigenvalue weighted by atomic mass is 35.5. The molecule has 14 heavy (non-hydrogen) atoms. The third-order valence-electron chi connectivity index (χ3n) is 1.46. The van der Waals surface area contributed by atoms with E-state index in [0.29, 0.717) is 13.2 Å². The fraction of sp³-hybridized carbons (Fsp3) is 0.500. The highest BCUT2D eigenvalue weighted by Gasteiger charge is 2.06. The number of hydrogen-bond donors (Lipinski definition) is 0. The van der Waals surface area contributed by atoms with E-state index < -0.39 is 5.82 Å². The minimum Gasteiger partial charge on any atom is -0.474 e. The molecule has 0 aliphatic carbocycles. The third kappa shape index (κ3) is 3.43. The van der Waals surface area contributed by atoms with Crippen molar-refractivity contribution in [3.63, 3.8) is 0 Å². The average Bonchev–Trinajstić information content (AvgIpc) is 2.10. The largest absolute Gasteiger partial charge is 0.474 e. The van der Waals surface area contributed by atoms with E-state index in [9.17, 15) is 4.39 Å². The molecule has 0 amide bonds. The Morgan fingerprint density at radius 2 is 2.29 bits per heavy atom. The summed E-state index contributed by atoms with van der Waals surface area (Å²) in [5, 5.41) is -0.0220. The zero-order valence-corrected chi connectivity index (χ0v) is 8.75. The topological polar surface area (TPSA) is 38.2 Å². The molecule has 1 rings (SSSR count). The van der Waals surface area contributed by atoms with Gasteiger partial charge in [0.1, 0.15) is 6.61 Å². The molecular weight excluding hydrogens is 209 g/mol.